The van der Waals surface area contributed by atoms with Gasteiger partial charge < -0.3 is 49.1 Å². The second-order valence-electron chi connectivity index (χ2n) is 14.1. The number of carbonyl (C=O) groups is 5. The lowest BCUT2D eigenvalue weighted by Gasteiger charge is -2.45. The number of hydrogen-bond donors (Lipinski definition) is 3. The minimum atomic E-state index is -4.70. The molecular weight excluding hydrogens is 785 g/mol. The molecule has 19 heteroatoms. The third-order valence-electron chi connectivity index (χ3n) is 9.21. The predicted molar refractivity (Wildman–Crippen MR) is 202 cm³/mol. The zero-order valence-electron chi connectivity index (χ0n) is 33.2. The number of rotatable bonds is 25. The SMILES string of the molecule is CC(=O)O[C@@H]1[C@@H](Nc2cccc(C(F)(F)F)n2)[C@H]2OC[C@](COCCCCCCNC(=O)CCOCCNC(=O)CCCC(=O)OCc3ccccc3)(O2)[C@@H]1OC(C)=O. The van der Waals surface area contributed by atoms with Crippen molar-refractivity contribution in [1.29, 1.82) is 0 Å². The highest BCUT2D eigenvalue weighted by atomic mass is 19.4. The molecule has 16 nitrogen and oxygen atoms in total. The van der Waals surface area contributed by atoms with E-state index >= 15 is 0 Å². The first-order chi connectivity index (χ1) is 28.3. The van der Waals surface area contributed by atoms with Crippen LogP contribution in [0.1, 0.15) is 76.5 Å². The van der Waals surface area contributed by atoms with Crippen molar-refractivity contribution in [2.24, 2.45) is 0 Å². The van der Waals surface area contributed by atoms with Gasteiger partial charge in [0.2, 0.25) is 11.8 Å². The average Bonchev–Trinajstić information content (AvgIpc) is 3.59. The molecule has 5 atom stereocenters. The van der Waals surface area contributed by atoms with Crippen molar-refractivity contribution < 1.29 is 70.3 Å². The topological polar surface area (TPSA) is 199 Å². The fraction of sp³-hybridized carbons (Fsp3) is 0.600. The van der Waals surface area contributed by atoms with Gasteiger partial charge in [-0.2, -0.15) is 13.2 Å². The Morgan fingerprint density at radius 2 is 1.53 bits per heavy atom. The monoisotopic (exact) mass is 838 g/mol. The largest absolute Gasteiger partial charge is 0.461 e. The molecule has 2 aliphatic heterocycles. The maximum Gasteiger partial charge on any atom is 0.433 e. The minimum absolute atomic E-state index is 0.0911. The van der Waals surface area contributed by atoms with Gasteiger partial charge in [-0.3, -0.25) is 24.0 Å². The Labute approximate surface area is 340 Å². The predicted octanol–water partition coefficient (Wildman–Crippen LogP) is 4.00. The maximum atomic E-state index is 13.3. The number of alkyl halides is 3. The summed E-state index contributed by atoms with van der Waals surface area (Å²) in [6.45, 7) is 3.85. The van der Waals surface area contributed by atoms with E-state index in [1.807, 2.05) is 30.3 Å². The van der Waals surface area contributed by atoms with E-state index in [0.29, 0.717) is 26.0 Å². The summed E-state index contributed by atoms with van der Waals surface area (Å²) >= 11 is 0. The molecule has 2 fully saturated rings. The number of aromatic nitrogens is 1. The van der Waals surface area contributed by atoms with Gasteiger partial charge in [0.15, 0.2) is 24.1 Å². The Bertz CT molecular complexity index is 1670. The summed E-state index contributed by atoms with van der Waals surface area (Å²) < 4.78 is 79.7. The number of fused-ring (bicyclic) bond motifs is 2. The van der Waals surface area contributed by atoms with Gasteiger partial charge in [0, 0.05) is 52.8 Å². The first-order valence-electron chi connectivity index (χ1n) is 19.6. The molecule has 4 rings (SSSR count). The molecule has 2 aliphatic rings. The van der Waals surface area contributed by atoms with Crippen LogP contribution in [0, 0.1) is 0 Å². The van der Waals surface area contributed by atoms with Gasteiger partial charge in [-0.05, 0) is 37.0 Å². The molecule has 0 unspecified atom stereocenters. The van der Waals surface area contributed by atoms with E-state index in [9.17, 15) is 37.1 Å². The zero-order valence-corrected chi connectivity index (χ0v) is 33.2. The maximum absolute atomic E-state index is 13.3. The van der Waals surface area contributed by atoms with Crippen molar-refractivity contribution in [1.82, 2.24) is 15.6 Å². The van der Waals surface area contributed by atoms with Gasteiger partial charge in [-0.1, -0.05) is 49.2 Å². The molecule has 2 saturated heterocycles. The van der Waals surface area contributed by atoms with Gasteiger partial charge in [-0.25, -0.2) is 4.98 Å². The van der Waals surface area contributed by atoms with Gasteiger partial charge in [-0.15, -0.1) is 0 Å². The van der Waals surface area contributed by atoms with Crippen LogP contribution in [0.5, 0.6) is 0 Å². The highest BCUT2D eigenvalue weighted by Gasteiger charge is 2.63. The third-order valence-corrected chi connectivity index (χ3v) is 9.21. The van der Waals surface area contributed by atoms with Crippen molar-refractivity contribution in [3.63, 3.8) is 0 Å². The van der Waals surface area contributed by atoms with Crippen molar-refractivity contribution in [3.8, 4) is 0 Å². The van der Waals surface area contributed by atoms with Crippen LogP contribution in [0.3, 0.4) is 0 Å². The summed E-state index contributed by atoms with van der Waals surface area (Å²) in [5.41, 5.74) is -1.60. The number of amides is 2. The quantitative estimate of drug-likeness (QED) is 0.0737. The first-order valence-corrected chi connectivity index (χ1v) is 19.6. The number of hydrogen-bond acceptors (Lipinski definition) is 14. The van der Waals surface area contributed by atoms with Crippen molar-refractivity contribution in [2.45, 2.75) is 108 Å². The molecule has 3 N–H and O–H groups in total. The number of unbranched alkanes of at least 4 members (excludes halogenated alkanes) is 3. The van der Waals surface area contributed by atoms with Crippen molar-refractivity contribution in [3.05, 3.63) is 59.8 Å². The first kappa shape index (κ1) is 46.8. The molecule has 1 aromatic heterocycles. The normalized spacial score (nSPS) is 21.0. The second kappa shape index (κ2) is 23.7. The van der Waals surface area contributed by atoms with Crippen LogP contribution < -0.4 is 16.0 Å². The van der Waals surface area contributed by atoms with E-state index < -0.39 is 53.9 Å². The highest BCUT2D eigenvalue weighted by molar-refractivity contribution is 5.77. The number of pyridine rings is 1. The Hall–Kier alpha value is -4.85. The standard InChI is InChI=1S/C40H53F3N4O12/c1-27(48)57-36-35(47-31-15-10-14-30(46-31)40(41,42)43)38-56-26-39(59-38,37(36)58-28(2)49)25-54-21-9-4-3-8-19-44-33(51)18-22-53-23-20-45-32(50)16-11-17-34(52)55-24-29-12-6-5-7-13-29/h5-7,10,12-15,35-38H,3-4,8-9,11,16-26H2,1-2H3,(H,44,51)(H,45,50)(H,46,47)/t35-,36-,37-,38+,39+/m1/s1. The van der Waals surface area contributed by atoms with Gasteiger partial charge in [0.05, 0.1) is 26.4 Å². The summed E-state index contributed by atoms with van der Waals surface area (Å²) in [6, 6.07) is 11.5. The lowest BCUT2D eigenvalue weighted by Crippen LogP contribution is -2.66. The lowest BCUT2D eigenvalue weighted by atomic mass is 9.87. The Kier molecular flexibility index (Phi) is 18.8. The number of benzene rings is 1. The molecule has 0 spiro atoms. The van der Waals surface area contributed by atoms with Crippen LogP contribution in [0.15, 0.2) is 48.5 Å². The number of carbonyl (C=O) groups excluding carboxylic acids is 5. The van der Waals surface area contributed by atoms with E-state index in [1.165, 1.54) is 19.1 Å². The molecule has 3 heterocycles. The molecule has 0 aliphatic carbocycles. The molecular formula is C40H53F3N4O12. The van der Waals surface area contributed by atoms with Crippen LogP contribution in [0.2, 0.25) is 0 Å². The number of halogens is 3. The van der Waals surface area contributed by atoms with Crippen LogP contribution in [0.25, 0.3) is 0 Å². The van der Waals surface area contributed by atoms with E-state index in [4.69, 9.17) is 33.2 Å². The van der Waals surface area contributed by atoms with Crippen molar-refractivity contribution >= 4 is 35.5 Å². The van der Waals surface area contributed by atoms with Crippen LogP contribution in [0.4, 0.5) is 19.0 Å². The number of nitrogens with one attached hydrogen (secondary N) is 3. The summed E-state index contributed by atoms with van der Waals surface area (Å²) in [5.74, 6) is -2.32. The highest BCUT2D eigenvalue weighted by Crippen LogP contribution is 2.41. The molecule has 1 aromatic carbocycles. The molecule has 0 saturated carbocycles. The second-order valence-corrected chi connectivity index (χ2v) is 14.1. The molecule has 0 radical (unpaired) electrons. The van der Waals surface area contributed by atoms with Gasteiger partial charge in [0.25, 0.3) is 0 Å². The van der Waals surface area contributed by atoms with E-state index in [2.05, 4.69) is 20.9 Å². The van der Waals surface area contributed by atoms with Gasteiger partial charge in [0.1, 0.15) is 24.2 Å². The number of nitrogens with zero attached hydrogens (tertiary/aromatic N) is 1. The average molecular weight is 839 g/mol. The summed E-state index contributed by atoms with van der Waals surface area (Å²) in [6.07, 6.45) is -4.37. The fourth-order valence-electron chi connectivity index (χ4n) is 6.39. The summed E-state index contributed by atoms with van der Waals surface area (Å²) in [5, 5.41) is 8.38. The molecule has 2 bridgehead atoms. The summed E-state index contributed by atoms with van der Waals surface area (Å²) in [4.78, 5) is 64.0. The Morgan fingerprint density at radius 3 is 2.27 bits per heavy atom. The number of ether oxygens (including phenoxy) is 7. The van der Waals surface area contributed by atoms with Crippen molar-refractivity contribution in [2.75, 3.05) is 51.4 Å². The smallest absolute Gasteiger partial charge is 0.433 e. The van der Waals surface area contributed by atoms with Crippen LogP contribution in [-0.2, 0) is 69.9 Å². The zero-order chi connectivity index (χ0) is 42.7. The Balaban J connectivity index is 1.05. The van der Waals surface area contributed by atoms with Crippen LogP contribution in [-0.4, -0.2) is 111 Å². The number of esters is 3. The van der Waals surface area contributed by atoms with E-state index in [-0.39, 0.29) is 82.4 Å². The Morgan fingerprint density at radius 1 is 0.797 bits per heavy atom. The van der Waals surface area contributed by atoms with E-state index in [0.717, 1.165) is 37.8 Å². The van der Waals surface area contributed by atoms with Gasteiger partial charge >= 0.3 is 24.1 Å². The minimum Gasteiger partial charge on any atom is -0.461 e. The number of anilines is 1. The molecule has 2 aromatic rings. The molecule has 326 valence electrons. The fourth-order valence-corrected chi connectivity index (χ4v) is 6.39. The van der Waals surface area contributed by atoms with E-state index in [1.54, 1.807) is 0 Å². The molecule has 59 heavy (non-hydrogen) atoms. The van der Waals surface area contributed by atoms with Crippen LogP contribution >= 0.6 is 0 Å². The molecule has 2 amide bonds. The third kappa shape index (κ3) is 16.0. The summed E-state index contributed by atoms with van der Waals surface area (Å²) in [7, 11) is 0. The lowest BCUT2D eigenvalue weighted by molar-refractivity contribution is -0.244.